The molecule has 16 aromatic rings. The Labute approximate surface area is 637 Å². The molecule has 0 amide bonds. The molecular weight excluding hydrogens is 1400 g/mol. The van der Waals surface area contributed by atoms with Crippen molar-refractivity contribution in [2.24, 2.45) is 0 Å². The van der Waals surface area contributed by atoms with Gasteiger partial charge in [0.25, 0.3) is 5.56 Å². The van der Waals surface area contributed by atoms with Crippen LogP contribution in [0.15, 0.2) is 108 Å². The van der Waals surface area contributed by atoms with Crippen LogP contribution in [0, 0.1) is 90.0 Å². The first kappa shape index (κ1) is 71.0. The minimum atomic E-state index is -0.108. The number of thiazole rings is 1. The Morgan fingerprint density at radius 2 is 0.745 bits per heavy atom. The Morgan fingerprint density at radius 3 is 1.06 bits per heavy atom. The minimum absolute atomic E-state index is 0.108. The van der Waals surface area contributed by atoms with E-state index < -0.39 is 0 Å². The lowest BCUT2D eigenvalue weighted by molar-refractivity contribution is 0.328. The number of imidazole rings is 4. The highest BCUT2D eigenvalue weighted by atomic mass is 32.1. The van der Waals surface area contributed by atoms with Crippen molar-refractivity contribution < 1.29 is 27.6 Å². The molecule has 4 fully saturated rings. The number of H-pyrrole nitrogens is 5. The number of aromatic amines is 5. The normalized spacial score (nSPS) is 14.1. The Morgan fingerprint density at radius 1 is 0.409 bits per heavy atom. The summed E-state index contributed by atoms with van der Waals surface area (Å²) in [6, 6.07) is 23.0. The largest absolute Gasteiger partial charge is 0.481 e. The Bertz CT molecular complexity index is 6250. The lowest BCUT2D eigenvalue weighted by atomic mass is 9.95. The average Bonchev–Trinajstić information content (AvgIpc) is 1.57. The third-order valence-corrected chi connectivity index (χ3v) is 22.5. The highest BCUT2D eigenvalue weighted by molar-refractivity contribution is 7.15. The predicted octanol–water partition coefficient (Wildman–Crippen LogP) is 20.4. The summed E-state index contributed by atoms with van der Waals surface area (Å²) in [5, 5.41) is 17.6. The van der Waals surface area contributed by atoms with Gasteiger partial charge in [0, 0.05) is 97.9 Å². The molecule has 4 aliphatic carbocycles. The molecule has 5 N–H and O–H groups in total. The monoisotopic (exact) mass is 1490 g/mol. The second-order valence-corrected chi connectivity index (χ2v) is 31.0. The van der Waals surface area contributed by atoms with Gasteiger partial charge in [-0.2, -0.15) is 0 Å². The number of ether oxygens (including phenoxy) is 2. The molecule has 0 unspecified atom stereocenters. The van der Waals surface area contributed by atoms with Crippen LogP contribution in [-0.2, 0) is 0 Å². The number of pyridine rings is 3. The van der Waals surface area contributed by atoms with Crippen molar-refractivity contribution in [3.8, 4) is 100 Å². The van der Waals surface area contributed by atoms with Gasteiger partial charge >= 0.3 is 0 Å². The van der Waals surface area contributed by atoms with Crippen LogP contribution in [0.3, 0.4) is 0 Å². The number of aromatic nitrogens is 16. The molecule has 12 aromatic heterocycles. The number of hydrogen-bond acceptors (Lipinski definition) is 19. The van der Waals surface area contributed by atoms with Gasteiger partial charge in [0.1, 0.15) is 46.3 Å². The summed E-state index contributed by atoms with van der Waals surface area (Å²) in [6.07, 6.45) is 14.8. The summed E-state index contributed by atoms with van der Waals surface area (Å²) in [7, 11) is 1.65. The molecular formula is C86H86N16O7S. The van der Waals surface area contributed by atoms with E-state index in [1.54, 1.807) is 37.0 Å². The van der Waals surface area contributed by atoms with E-state index in [1.165, 1.54) is 43.4 Å². The van der Waals surface area contributed by atoms with E-state index in [9.17, 15) is 4.79 Å². The Kier molecular flexibility index (Phi) is 18.2. The van der Waals surface area contributed by atoms with E-state index in [2.05, 4.69) is 131 Å². The first-order valence-corrected chi connectivity index (χ1v) is 38.6. The summed E-state index contributed by atoms with van der Waals surface area (Å²) in [6.45, 7) is 28.4. The zero-order valence-electron chi connectivity index (χ0n) is 64.4. The number of hydrogen-bond donors (Lipinski definition) is 5. The van der Waals surface area contributed by atoms with Crippen molar-refractivity contribution in [2.45, 2.75) is 172 Å². The number of nitrogens with zero attached hydrogens (tertiary/aromatic N) is 11. The summed E-state index contributed by atoms with van der Waals surface area (Å²) < 4.78 is 33.1. The van der Waals surface area contributed by atoms with Crippen molar-refractivity contribution in [2.75, 3.05) is 13.7 Å². The van der Waals surface area contributed by atoms with Crippen LogP contribution in [0.4, 0.5) is 0 Å². The Balaban J connectivity index is 0.000000107. The molecule has 0 saturated heterocycles. The van der Waals surface area contributed by atoms with Crippen LogP contribution in [-0.4, -0.2) is 94.2 Å². The fourth-order valence-electron chi connectivity index (χ4n) is 15.5. The van der Waals surface area contributed by atoms with Crippen molar-refractivity contribution in [3.63, 3.8) is 0 Å². The molecule has 4 aliphatic rings. The second-order valence-electron chi connectivity index (χ2n) is 29.8. The van der Waals surface area contributed by atoms with E-state index in [4.69, 9.17) is 47.5 Å². The number of nitrogens with one attached hydrogen (secondary N) is 5. The fourth-order valence-corrected chi connectivity index (χ4v) is 16.4. The highest BCUT2D eigenvalue weighted by Gasteiger charge is 2.33. The Hall–Kier alpha value is -11.9. The number of fused-ring (bicyclic) bond motifs is 4. The van der Waals surface area contributed by atoms with Crippen LogP contribution < -0.4 is 15.0 Å². The highest BCUT2D eigenvalue weighted by Crippen LogP contribution is 2.49. The molecule has 110 heavy (non-hydrogen) atoms. The van der Waals surface area contributed by atoms with Crippen molar-refractivity contribution in [1.82, 2.24) is 80.4 Å². The molecule has 23 nitrogen and oxygen atoms in total. The first-order chi connectivity index (χ1) is 53.2. The summed E-state index contributed by atoms with van der Waals surface area (Å²) in [4.78, 5) is 64.1. The molecule has 0 bridgehead atoms. The number of methoxy groups -OCH3 is 1. The molecule has 20 rings (SSSR count). The maximum atomic E-state index is 12.6. The topological polar surface area (TPSA) is 309 Å². The van der Waals surface area contributed by atoms with Crippen molar-refractivity contribution in [1.29, 1.82) is 0 Å². The van der Waals surface area contributed by atoms with E-state index in [1.807, 2.05) is 93.5 Å². The third kappa shape index (κ3) is 13.3. The summed E-state index contributed by atoms with van der Waals surface area (Å²) in [5.41, 5.74) is 30.3. The van der Waals surface area contributed by atoms with Gasteiger partial charge in [-0.25, -0.2) is 34.9 Å². The van der Waals surface area contributed by atoms with Crippen LogP contribution in [0.2, 0.25) is 0 Å². The fraction of sp³-hybridized carbons (Fsp3) is 0.326. The smallest absolute Gasteiger partial charge is 0.256 e. The summed E-state index contributed by atoms with van der Waals surface area (Å²) >= 11 is 1.73. The van der Waals surface area contributed by atoms with E-state index in [-0.39, 0.29) is 5.56 Å². The number of benzene rings is 4. The number of rotatable bonds is 15. The van der Waals surface area contributed by atoms with Gasteiger partial charge in [-0.1, -0.05) is 20.6 Å². The first-order valence-electron chi connectivity index (χ1n) is 37.8. The van der Waals surface area contributed by atoms with Crippen LogP contribution in [0.1, 0.15) is 178 Å². The van der Waals surface area contributed by atoms with E-state index in [0.717, 1.165) is 231 Å². The minimum Gasteiger partial charge on any atom is -0.481 e. The SMILES string of the molecule is CCOc1nccc(C)c1-c1cc(-c2c(C)noc2C)cc2[nH]c(C3CC3)nc12.COc1nccc(C)c1-c1cc(-c2c(C)noc2C)cc2[nH]c(C3CC3)nc12.Cc1cc[nH]c(=O)c1-c1cc(-c2c(C)noc2C)cc2[nH]c(C3CC3)nc12.Cc1nc(C)c(-c2cc(-c3c(C)noc3C)cc3[nH]c(C4CC4)nc23)s1. The van der Waals surface area contributed by atoms with E-state index in [0.29, 0.717) is 47.6 Å². The van der Waals surface area contributed by atoms with Crippen molar-refractivity contribution in [3.05, 3.63) is 192 Å². The quantitative estimate of drug-likeness (QED) is 0.0637. The lowest BCUT2D eigenvalue weighted by Gasteiger charge is -2.14. The maximum absolute atomic E-state index is 12.6. The van der Waals surface area contributed by atoms with Gasteiger partial charge in [-0.05, 0) is 254 Å². The number of aryl methyl sites for hydroxylation is 13. The van der Waals surface area contributed by atoms with Crippen LogP contribution in [0.25, 0.3) is 132 Å². The molecule has 24 heteroatoms. The van der Waals surface area contributed by atoms with Crippen LogP contribution >= 0.6 is 11.3 Å². The van der Waals surface area contributed by atoms with Crippen LogP contribution in [0.5, 0.6) is 11.8 Å². The van der Waals surface area contributed by atoms with Gasteiger partial charge in [0.2, 0.25) is 11.8 Å². The zero-order valence-corrected chi connectivity index (χ0v) is 65.3. The summed E-state index contributed by atoms with van der Waals surface area (Å²) in [5.74, 6) is 10.9. The molecule has 0 atom stereocenters. The molecule has 4 aromatic carbocycles. The molecule has 12 heterocycles. The zero-order chi connectivity index (χ0) is 76.2. The standard InChI is InChI=1S/C23H24N4O2.C22H22N4O2.C21H20N4O2.C20H20N4OS/c1-5-28-23-19(12(2)8-9-24-23)17-10-16(20-13(3)27-29-14(20)4)11-18-21(17)26-22(25-18)15-6-7-15;1-11-7-8-23-22(27-4)18(11)16-9-15(19-12(2)26-28-13(19)3)10-17-20(16)25-21(24-17)14-5-6-14;1-10-6-7-22-21(26)17(10)15-8-14(18-11(2)25-27-12(18)3)9-16-19(15)24-20(23-16)13-4-5-13;1-9-17(11(3)25-24-9)14-7-15(19-10(2)21-12(4)26-19)18-16(8-14)22-20(23-18)13-5-6-13/h8-11,15H,5-7H2,1-4H3,(H,25,26);7-10,14H,5-6H2,1-4H3,(H,24,25);6-9,13H,4-5H2,1-3H3,(H,22,26)(H,23,24);7-8,13H,5-6H2,1-4H3,(H,22,23). The van der Waals surface area contributed by atoms with Gasteiger partial charge < -0.3 is 52.5 Å². The van der Waals surface area contributed by atoms with Gasteiger partial charge in [0.05, 0.1) is 102 Å². The van der Waals surface area contributed by atoms with Gasteiger partial charge in [-0.3, -0.25) is 4.79 Å². The third-order valence-electron chi connectivity index (χ3n) is 21.4. The molecule has 558 valence electrons. The second kappa shape index (κ2) is 28.3. The van der Waals surface area contributed by atoms with Crippen molar-refractivity contribution >= 4 is 55.5 Å². The maximum Gasteiger partial charge on any atom is 0.256 e. The lowest BCUT2D eigenvalue weighted by Crippen LogP contribution is -2.10. The average molecular weight is 1490 g/mol. The van der Waals surface area contributed by atoms with Gasteiger partial charge in [0.15, 0.2) is 0 Å². The molecule has 0 spiro atoms. The molecule has 0 aliphatic heterocycles. The van der Waals surface area contributed by atoms with Gasteiger partial charge in [-0.15, -0.1) is 11.3 Å². The van der Waals surface area contributed by atoms with E-state index >= 15 is 0 Å². The molecule has 0 radical (unpaired) electrons. The predicted molar refractivity (Wildman–Crippen MR) is 427 cm³/mol. The molecule has 4 saturated carbocycles.